The molecule has 0 aliphatic carbocycles. The maximum absolute atomic E-state index is 11.6. The molecule has 18 heavy (non-hydrogen) atoms. The molecule has 1 aromatic carbocycles. The van der Waals surface area contributed by atoms with Gasteiger partial charge in [-0.2, -0.15) is 0 Å². The van der Waals surface area contributed by atoms with Crippen molar-refractivity contribution in [3.05, 3.63) is 33.8 Å². The molecule has 7 heteroatoms. The van der Waals surface area contributed by atoms with E-state index in [9.17, 15) is 8.42 Å². The first-order chi connectivity index (χ1) is 8.36. The summed E-state index contributed by atoms with van der Waals surface area (Å²) in [5, 5.41) is 0.493. The van der Waals surface area contributed by atoms with Gasteiger partial charge in [0.15, 0.2) is 0 Å². The van der Waals surface area contributed by atoms with Gasteiger partial charge in [-0.15, -0.1) is 0 Å². The van der Waals surface area contributed by atoms with Gasteiger partial charge in [0.05, 0.1) is 5.25 Å². The minimum atomic E-state index is -3.35. The van der Waals surface area contributed by atoms with E-state index in [4.69, 9.17) is 28.9 Å². The summed E-state index contributed by atoms with van der Waals surface area (Å²) < 4.78 is 25.8. The first kappa shape index (κ1) is 15.7. The second-order valence-electron chi connectivity index (χ2n) is 3.97. The minimum Gasteiger partial charge on any atom is -0.329 e. The van der Waals surface area contributed by atoms with Crippen molar-refractivity contribution in [1.29, 1.82) is 0 Å². The summed E-state index contributed by atoms with van der Waals surface area (Å²) in [6, 6.07) is 5.14. The van der Waals surface area contributed by atoms with E-state index in [2.05, 4.69) is 4.72 Å². The van der Waals surface area contributed by atoms with Crippen LogP contribution in [-0.4, -0.2) is 26.8 Å². The molecule has 1 aromatic rings. The zero-order chi connectivity index (χ0) is 13.8. The number of nitrogens with two attached hydrogens (primary N) is 1. The van der Waals surface area contributed by atoms with Crippen molar-refractivity contribution in [2.75, 3.05) is 13.1 Å². The Hall–Kier alpha value is -0.330. The predicted octanol–water partition coefficient (Wildman–Crippen LogP) is 1.80. The lowest BCUT2D eigenvalue weighted by Crippen LogP contribution is -2.37. The lowest BCUT2D eigenvalue weighted by molar-refractivity contribution is 0.569. The first-order valence-corrected chi connectivity index (χ1v) is 7.79. The fourth-order valence-corrected chi connectivity index (χ4v) is 2.75. The van der Waals surface area contributed by atoms with Crippen LogP contribution in [0, 0.1) is 0 Å². The summed E-state index contributed by atoms with van der Waals surface area (Å²) in [7, 11) is -3.35. The number of rotatable bonds is 6. The highest BCUT2D eigenvalue weighted by Crippen LogP contribution is 2.21. The third kappa shape index (κ3) is 4.40. The van der Waals surface area contributed by atoms with Crippen molar-refractivity contribution in [2.24, 2.45) is 5.73 Å². The van der Waals surface area contributed by atoms with Gasteiger partial charge >= 0.3 is 0 Å². The molecule has 0 saturated carbocycles. The molecule has 0 bridgehead atoms. The summed E-state index contributed by atoms with van der Waals surface area (Å²) in [6.07, 6.45) is 0.506. The summed E-state index contributed by atoms with van der Waals surface area (Å²) in [6.45, 7) is 1.95. The molecule has 0 saturated heterocycles. The Bertz CT molecular complexity index is 506. The quantitative estimate of drug-likeness (QED) is 0.841. The zero-order valence-electron chi connectivity index (χ0n) is 9.99. The molecule has 0 aromatic heterocycles. The van der Waals surface area contributed by atoms with Crippen LogP contribution in [0.15, 0.2) is 18.2 Å². The highest BCUT2D eigenvalue weighted by atomic mass is 35.5. The van der Waals surface area contributed by atoms with E-state index >= 15 is 0 Å². The second-order valence-corrected chi connectivity index (χ2v) is 7.00. The van der Waals surface area contributed by atoms with Crippen LogP contribution in [0.2, 0.25) is 10.0 Å². The van der Waals surface area contributed by atoms with E-state index in [-0.39, 0.29) is 13.1 Å². The molecule has 0 spiro atoms. The van der Waals surface area contributed by atoms with Crippen LogP contribution in [0.25, 0.3) is 0 Å². The fourth-order valence-electron chi connectivity index (χ4n) is 1.32. The van der Waals surface area contributed by atoms with Crippen LogP contribution in [-0.2, 0) is 16.4 Å². The van der Waals surface area contributed by atoms with Crippen molar-refractivity contribution in [3.8, 4) is 0 Å². The van der Waals surface area contributed by atoms with Crippen LogP contribution in [0.4, 0.5) is 0 Å². The van der Waals surface area contributed by atoms with Crippen LogP contribution in [0.1, 0.15) is 12.5 Å². The maximum atomic E-state index is 11.6. The molecule has 0 heterocycles. The molecule has 3 N–H and O–H groups in total. The lowest BCUT2D eigenvalue weighted by Gasteiger charge is -2.12. The highest BCUT2D eigenvalue weighted by molar-refractivity contribution is 7.90. The van der Waals surface area contributed by atoms with E-state index in [1.54, 1.807) is 25.1 Å². The molecular formula is C11H16Cl2N2O2S. The molecule has 0 fully saturated rings. The first-order valence-electron chi connectivity index (χ1n) is 5.49. The number of sulfonamides is 1. The Morgan fingerprint density at radius 1 is 1.39 bits per heavy atom. The average Bonchev–Trinajstić information content (AvgIpc) is 2.30. The molecule has 0 aliphatic heterocycles. The number of halogens is 2. The van der Waals surface area contributed by atoms with Crippen LogP contribution in [0.5, 0.6) is 0 Å². The van der Waals surface area contributed by atoms with Gasteiger partial charge in [0.25, 0.3) is 0 Å². The Kier molecular flexibility index (Phi) is 5.88. The minimum absolute atomic E-state index is 0.0943. The monoisotopic (exact) mass is 310 g/mol. The largest absolute Gasteiger partial charge is 0.329 e. The number of hydrogen-bond donors (Lipinski definition) is 2. The predicted molar refractivity (Wildman–Crippen MR) is 75.6 cm³/mol. The van der Waals surface area contributed by atoms with Gasteiger partial charge in [-0.3, -0.25) is 0 Å². The van der Waals surface area contributed by atoms with Gasteiger partial charge in [0.2, 0.25) is 10.0 Å². The van der Waals surface area contributed by atoms with Crippen LogP contribution in [0.3, 0.4) is 0 Å². The molecule has 1 atom stereocenters. The smallest absolute Gasteiger partial charge is 0.215 e. The number of hydrogen-bond acceptors (Lipinski definition) is 3. The highest BCUT2D eigenvalue weighted by Gasteiger charge is 2.18. The zero-order valence-corrected chi connectivity index (χ0v) is 12.3. The van der Waals surface area contributed by atoms with Crippen molar-refractivity contribution >= 4 is 33.2 Å². The van der Waals surface area contributed by atoms with E-state index in [1.807, 2.05) is 0 Å². The Balaban J connectivity index is 2.57. The lowest BCUT2D eigenvalue weighted by atomic mass is 10.1. The van der Waals surface area contributed by atoms with E-state index in [0.29, 0.717) is 16.5 Å². The molecule has 1 rings (SSSR count). The third-order valence-electron chi connectivity index (χ3n) is 2.57. The summed E-state index contributed by atoms with van der Waals surface area (Å²) >= 11 is 11.8. The van der Waals surface area contributed by atoms with Crippen molar-refractivity contribution < 1.29 is 8.42 Å². The van der Waals surface area contributed by atoms with Crippen molar-refractivity contribution in [3.63, 3.8) is 0 Å². The summed E-state index contributed by atoms with van der Waals surface area (Å²) in [5.41, 5.74) is 6.18. The Morgan fingerprint density at radius 2 is 2.06 bits per heavy atom. The summed E-state index contributed by atoms with van der Waals surface area (Å²) in [4.78, 5) is 0. The molecule has 0 radical (unpaired) electrons. The van der Waals surface area contributed by atoms with E-state index in [1.165, 1.54) is 0 Å². The molecule has 0 aliphatic rings. The third-order valence-corrected chi connectivity index (χ3v) is 5.02. The van der Waals surface area contributed by atoms with Crippen LogP contribution < -0.4 is 10.5 Å². The van der Waals surface area contributed by atoms with Gasteiger partial charge in [-0.1, -0.05) is 29.3 Å². The second kappa shape index (κ2) is 6.73. The topological polar surface area (TPSA) is 72.2 Å². The van der Waals surface area contributed by atoms with Crippen molar-refractivity contribution in [2.45, 2.75) is 18.6 Å². The molecule has 1 unspecified atom stereocenters. The Labute approximate surface area is 118 Å². The SMILES string of the molecule is CC(CN)S(=O)(=O)NCCc1ccc(Cl)cc1Cl. The normalized spacial score (nSPS) is 13.6. The average molecular weight is 311 g/mol. The van der Waals surface area contributed by atoms with E-state index < -0.39 is 15.3 Å². The molecule has 0 amide bonds. The van der Waals surface area contributed by atoms with Crippen LogP contribution >= 0.6 is 23.2 Å². The summed E-state index contributed by atoms with van der Waals surface area (Å²) in [5.74, 6) is 0. The van der Waals surface area contributed by atoms with Crippen molar-refractivity contribution in [1.82, 2.24) is 4.72 Å². The van der Waals surface area contributed by atoms with Gasteiger partial charge in [-0.25, -0.2) is 13.1 Å². The Morgan fingerprint density at radius 3 is 2.61 bits per heavy atom. The standard InChI is InChI=1S/C11H16Cl2N2O2S/c1-8(7-14)18(16,17)15-5-4-9-2-3-10(12)6-11(9)13/h2-3,6,8,15H,4-5,7,14H2,1H3. The van der Waals surface area contributed by atoms with Gasteiger partial charge < -0.3 is 5.73 Å². The van der Waals surface area contributed by atoms with Gasteiger partial charge in [-0.05, 0) is 31.0 Å². The molecule has 102 valence electrons. The van der Waals surface area contributed by atoms with E-state index in [0.717, 1.165) is 5.56 Å². The number of nitrogens with one attached hydrogen (secondary N) is 1. The van der Waals surface area contributed by atoms with Gasteiger partial charge in [0.1, 0.15) is 0 Å². The fraction of sp³-hybridized carbons (Fsp3) is 0.455. The van der Waals surface area contributed by atoms with Gasteiger partial charge in [0, 0.05) is 23.1 Å². The maximum Gasteiger partial charge on any atom is 0.215 e. The number of benzene rings is 1. The molecular weight excluding hydrogens is 295 g/mol. The molecule has 4 nitrogen and oxygen atoms in total.